The minimum atomic E-state index is -3.77. The van der Waals surface area contributed by atoms with Crippen molar-refractivity contribution in [2.45, 2.75) is 50.0 Å². The van der Waals surface area contributed by atoms with Crippen LogP contribution in [-0.4, -0.2) is 35.1 Å². The summed E-state index contributed by atoms with van der Waals surface area (Å²) in [6, 6.07) is 10.6. The van der Waals surface area contributed by atoms with E-state index in [2.05, 4.69) is 28.2 Å². The number of carbonyl (C=O) groups excluding carboxylic acids is 1. The topological polar surface area (TPSA) is 93.7 Å². The van der Waals surface area contributed by atoms with Crippen LogP contribution in [0.4, 0.5) is 0 Å². The summed E-state index contributed by atoms with van der Waals surface area (Å²) < 4.78 is 37.8. The molecule has 2 N–H and O–H groups in total. The Hall–Kier alpha value is -2.58. The molecule has 0 spiro atoms. The number of hydrogen-bond acceptors (Lipinski definition) is 5. The molecule has 2 aromatic carbocycles. The zero-order valence-corrected chi connectivity index (χ0v) is 19.1. The van der Waals surface area contributed by atoms with Crippen LogP contribution in [0.15, 0.2) is 41.3 Å². The van der Waals surface area contributed by atoms with E-state index in [1.165, 1.54) is 56.4 Å². The molecule has 168 valence electrons. The van der Waals surface area contributed by atoms with Gasteiger partial charge in [-0.2, -0.15) is 0 Å². The standard InChI is InChI=1S/C23H30N2O5S/c1-16(18-9-8-17-6-4-5-7-19(17)14-18)25-23(26)12-13-24-31(27,28)20-10-11-21(29-2)22(15-20)30-3/h8-11,14-16,24H,4-7,12-13H2,1-3H3,(H,25,26). The van der Waals surface area contributed by atoms with Crippen LogP contribution in [-0.2, 0) is 27.7 Å². The minimum Gasteiger partial charge on any atom is -0.493 e. The molecular formula is C23H30N2O5S. The number of sulfonamides is 1. The molecule has 2 aromatic rings. The first-order valence-corrected chi connectivity index (χ1v) is 11.9. The molecule has 0 bridgehead atoms. The third-order valence-corrected chi connectivity index (χ3v) is 7.02. The number of methoxy groups -OCH3 is 2. The summed E-state index contributed by atoms with van der Waals surface area (Å²) in [4.78, 5) is 12.4. The molecule has 1 aliphatic carbocycles. The number of nitrogens with one attached hydrogen (secondary N) is 2. The number of carbonyl (C=O) groups is 1. The molecule has 8 heteroatoms. The molecule has 0 aromatic heterocycles. The van der Waals surface area contributed by atoms with Gasteiger partial charge in [-0.05, 0) is 61.4 Å². The first-order valence-electron chi connectivity index (χ1n) is 10.5. The molecule has 0 fully saturated rings. The lowest BCUT2D eigenvalue weighted by atomic mass is 9.89. The van der Waals surface area contributed by atoms with Crippen LogP contribution in [0.2, 0.25) is 0 Å². The quantitative estimate of drug-likeness (QED) is 0.617. The zero-order chi connectivity index (χ0) is 22.4. The maximum atomic E-state index is 12.5. The number of hydrogen-bond donors (Lipinski definition) is 2. The molecule has 0 saturated heterocycles. The SMILES string of the molecule is COc1ccc(S(=O)(=O)NCCC(=O)NC(C)c2ccc3c(c2)CCCC3)cc1OC. The second-order valence-electron chi connectivity index (χ2n) is 7.69. The predicted molar refractivity (Wildman–Crippen MR) is 119 cm³/mol. The molecule has 1 aliphatic rings. The molecule has 7 nitrogen and oxygen atoms in total. The van der Waals surface area contributed by atoms with Gasteiger partial charge in [-0.3, -0.25) is 4.79 Å². The van der Waals surface area contributed by atoms with E-state index < -0.39 is 10.0 Å². The molecule has 3 rings (SSSR count). The van der Waals surface area contributed by atoms with E-state index in [9.17, 15) is 13.2 Å². The molecule has 0 radical (unpaired) electrons. The van der Waals surface area contributed by atoms with Crippen molar-refractivity contribution in [1.82, 2.24) is 10.0 Å². The van der Waals surface area contributed by atoms with Crippen molar-refractivity contribution in [1.29, 1.82) is 0 Å². The smallest absolute Gasteiger partial charge is 0.240 e. The Morgan fingerprint density at radius 2 is 1.71 bits per heavy atom. The third-order valence-electron chi connectivity index (χ3n) is 5.56. The van der Waals surface area contributed by atoms with Gasteiger partial charge < -0.3 is 14.8 Å². The van der Waals surface area contributed by atoms with Gasteiger partial charge in [0.15, 0.2) is 11.5 Å². The van der Waals surface area contributed by atoms with Crippen molar-refractivity contribution < 1.29 is 22.7 Å². The number of rotatable bonds is 9. The number of amides is 1. The Balaban J connectivity index is 1.53. The Kier molecular flexibility index (Phi) is 7.56. The normalized spacial score (nSPS) is 14.4. The summed E-state index contributed by atoms with van der Waals surface area (Å²) in [5.74, 6) is 0.555. The van der Waals surface area contributed by atoms with Gasteiger partial charge in [0.1, 0.15) is 0 Å². The number of ether oxygens (including phenoxy) is 2. The van der Waals surface area contributed by atoms with Crippen molar-refractivity contribution in [3.63, 3.8) is 0 Å². The fourth-order valence-electron chi connectivity index (χ4n) is 3.79. The molecule has 0 saturated carbocycles. The average Bonchev–Trinajstić information content (AvgIpc) is 2.77. The van der Waals surface area contributed by atoms with Crippen molar-refractivity contribution >= 4 is 15.9 Å². The first-order chi connectivity index (χ1) is 14.8. The number of benzene rings is 2. The first kappa shape index (κ1) is 23.1. The van der Waals surface area contributed by atoms with Gasteiger partial charge in [-0.25, -0.2) is 13.1 Å². The molecule has 31 heavy (non-hydrogen) atoms. The monoisotopic (exact) mass is 446 g/mol. The van der Waals surface area contributed by atoms with Gasteiger partial charge in [0.05, 0.1) is 25.2 Å². The fraction of sp³-hybridized carbons (Fsp3) is 0.435. The molecule has 1 atom stereocenters. The summed E-state index contributed by atoms with van der Waals surface area (Å²) in [6.07, 6.45) is 4.69. The van der Waals surface area contributed by atoms with Gasteiger partial charge in [-0.1, -0.05) is 18.2 Å². The summed E-state index contributed by atoms with van der Waals surface area (Å²) in [5.41, 5.74) is 3.84. The van der Waals surface area contributed by atoms with Crippen LogP contribution < -0.4 is 19.5 Å². The van der Waals surface area contributed by atoms with Crippen LogP contribution in [0, 0.1) is 0 Å². The van der Waals surface area contributed by atoms with Crippen LogP contribution in [0.25, 0.3) is 0 Å². The summed E-state index contributed by atoms with van der Waals surface area (Å²) >= 11 is 0. The van der Waals surface area contributed by atoms with Crippen LogP contribution in [0.3, 0.4) is 0 Å². The van der Waals surface area contributed by atoms with Gasteiger partial charge in [0.2, 0.25) is 15.9 Å². The molecule has 0 heterocycles. The van der Waals surface area contributed by atoms with E-state index in [0.29, 0.717) is 11.5 Å². The summed E-state index contributed by atoms with van der Waals surface area (Å²) in [6.45, 7) is 1.94. The van der Waals surface area contributed by atoms with Crippen molar-refractivity contribution in [3.05, 3.63) is 53.1 Å². The van der Waals surface area contributed by atoms with E-state index in [1.807, 2.05) is 6.92 Å². The highest BCUT2D eigenvalue weighted by Crippen LogP contribution is 2.29. The summed E-state index contributed by atoms with van der Waals surface area (Å²) in [7, 11) is -0.850. The van der Waals surface area contributed by atoms with Gasteiger partial charge in [0.25, 0.3) is 0 Å². The van der Waals surface area contributed by atoms with E-state index >= 15 is 0 Å². The van der Waals surface area contributed by atoms with Crippen LogP contribution in [0.1, 0.15) is 48.9 Å². The maximum absolute atomic E-state index is 12.5. The lowest BCUT2D eigenvalue weighted by Gasteiger charge is -2.20. The highest BCUT2D eigenvalue weighted by Gasteiger charge is 2.18. The fourth-order valence-corrected chi connectivity index (χ4v) is 4.83. The second kappa shape index (κ2) is 10.2. The minimum absolute atomic E-state index is 0.000576. The molecule has 1 amide bonds. The molecule has 1 unspecified atom stereocenters. The second-order valence-corrected chi connectivity index (χ2v) is 9.46. The van der Waals surface area contributed by atoms with Gasteiger partial charge in [0, 0.05) is 19.0 Å². The lowest BCUT2D eigenvalue weighted by molar-refractivity contribution is -0.121. The van der Waals surface area contributed by atoms with E-state index in [-0.39, 0.29) is 29.8 Å². The van der Waals surface area contributed by atoms with Crippen LogP contribution >= 0.6 is 0 Å². The van der Waals surface area contributed by atoms with Crippen LogP contribution in [0.5, 0.6) is 11.5 Å². The number of aryl methyl sites for hydroxylation is 2. The summed E-state index contributed by atoms with van der Waals surface area (Å²) in [5, 5.41) is 2.95. The van der Waals surface area contributed by atoms with E-state index in [0.717, 1.165) is 18.4 Å². The predicted octanol–water partition coefficient (Wildman–Crippen LogP) is 3.13. The maximum Gasteiger partial charge on any atom is 0.240 e. The Bertz CT molecular complexity index is 1040. The largest absolute Gasteiger partial charge is 0.493 e. The Morgan fingerprint density at radius 1 is 1.00 bits per heavy atom. The van der Waals surface area contributed by atoms with Crippen molar-refractivity contribution in [2.24, 2.45) is 0 Å². The van der Waals surface area contributed by atoms with E-state index in [1.54, 1.807) is 0 Å². The van der Waals surface area contributed by atoms with E-state index in [4.69, 9.17) is 9.47 Å². The third kappa shape index (κ3) is 5.77. The zero-order valence-electron chi connectivity index (χ0n) is 18.2. The number of fused-ring (bicyclic) bond motifs is 1. The average molecular weight is 447 g/mol. The highest BCUT2D eigenvalue weighted by molar-refractivity contribution is 7.89. The van der Waals surface area contributed by atoms with Gasteiger partial charge in [-0.15, -0.1) is 0 Å². The van der Waals surface area contributed by atoms with Crippen molar-refractivity contribution in [3.8, 4) is 11.5 Å². The Morgan fingerprint density at radius 3 is 2.42 bits per heavy atom. The molecular weight excluding hydrogens is 416 g/mol. The Labute approximate surface area is 184 Å². The van der Waals surface area contributed by atoms with Crippen molar-refractivity contribution in [2.75, 3.05) is 20.8 Å². The van der Waals surface area contributed by atoms with Gasteiger partial charge >= 0.3 is 0 Å². The molecule has 0 aliphatic heterocycles. The lowest BCUT2D eigenvalue weighted by Crippen LogP contribution is -2.32. The highest BCUT2D eigenvalue weighted by atomic mass is 32.2.